The zero-order valence-corrected chi connectivity index (χ0v) is 16.9. The fraction of sp³-hybridized carbons (Fsp3) is 0.200. The van der Waals surface area contributed by atoms with Crippen molar-refractivity contribution in [1.82, 2.24) is 0 Å². The number of carbonyl (C=O) groups excluding carboxylic acids is 2. The molecular weight excluding hydrogens is 376 g/mol. The minimum Gasteiger partial charge on any atom is -0.462 e. The number of nitrogens with zero attached hydrogens (tertiary/aromatic N) is 1. The number of benzene rings is 3. The van der Waals surface area contributed by atoms with Gasteiger partial charge in [0, 0.05) is 30.0 Å². The van der Waals surface area contributed by atoms with Gasteiger partial charge in [0.1, 0.15) is 0 Å². The van der Waals surface area contributed by atoms with Crippen LogP contribution in [0.2, 0.25) is 0 Å². The van der Waals surface area contributed by atoms with Crippen LogP contribution in [0.15, 0.2) is 72.8 Å². The Hall–Kier alpha value is -3.60. The van der Waals surface area contributed by atoms with Crippen LogP contribution in [0.5, 0.6) is 0 Å². The molecule has 0 bridgehead atoms. The van der Waals surface area contributed by atoms with Crippen LogP contribution in [0, 0.1) is 0 Å². The van der Waals surface area contributed by atoms with Gasteiger partial charge in [0.2, 0.25) is 0 Å². The molecular formula is C25H24N2O3. The lowest BCUT2D eigenvalue weighted by Crippen LogP contribution is -2.19. The number of fused-ring (bicyclic) bond motifs is 1. The summed E-state index contributed by atoms with van der Waals surface area (Å²) in [5.41, 5.74) is 5.38. The molecule has 4 rings (SSSR count). The topological polar surface area (TPSA) is 58.6 Å². The molecule has 3 aromatic carbocycles. The van der Waals surface area contributed by atoms with Gasteiger partial charge >= 0.3 is 5.97 Å². The maximum atomic E-state index is 12.6. The molecule has 1 N–H and O–H groups in total. The number of hydrogen-bond donors (Lipinski definition) is 1. The Morgan fingerprint density at radius 2 is 1.77 bits per heavy atom. The molecule has 5 nitrogen and oxygen atoms in total. The number of nitrogens with one attached hydrogen (secondary N) is 1. The Morgan fingerprint density at radius 3 is 2.57 bits per heavy atom. The molecule has 30 heavy (non-hydrogen) atoms. The van der Waals surface area contributed by atoms with E-state index in [1.54, 1.807) is 31.2 Å². The summed E-state index contributed by atoms with van der Waals surface area (Å²) in [6.07, 6.45) is 1.07. The van der Waals surface area contributed by atoms with Crippen LogP contribution in [0.4, 0.5) is 11.4 Å². The summed E-state index contributed by atoms with van der Waals surface area (Å²) in [4.78, 5) is 26.8. The number of hydrogen-bond acceptors (Lipinski definition) is 4. The van der Waals surface area contributed by atoms with Crippen LogP contribution in [0.1, 0.15) is 38.8 Å². The molecule has 1 heterocycles. The highest BCUT2D eigenvalue weighted by molar-refractivity contribution is 6.04. The van der Waals surface area contributed by atoms with Crippen LogP contribution in [0.25, 0.3) is 0 Å². The first-order valence-corrected chi connectivity index (χ1v) is 10.1. The highest BCUT2D eigenvalue weighted by Gasteiger charge is 2.18. The number of rotatable bonds is 6. The van der Waals surface area contributed by atoms with Crippen molar-refractivity contribution in [1.29, 1.82) is 0 Å². The van der Waals surface area contributed by atoms with Crippen molar-refractivity contribution in [2.24, 2.45) is 0 Å². The van der Waals surface area contributed by atoms with E-state index in [1.165, 1.54) is 11.3 Å². The fourth-order valence-corrected chi connectivity index (χ4v) is 3.69. The summed E-state index contributed by atoms with van der Waals surface area (Å²) >= 11 is 0. The van der Waals surface area contributed by atoms with E-state index in [1.807, 2.05) is 24.3 Å². The SMILES string of the molecule is CCOC(=O)c1cccc(NC(=O)c2ccc(CN3CCc4ccccc43)cc2)c1. The lowest BCUT2D eigenvalue weighted by molar-refractivity contribution is 0.0526. The summed E-state index contributed by atoms with van der Waals surface area (Å²) in [5, 5.41) is 2.84. The van der Waals surface area contributed by atoms with Gasteiger partial charge < -0.3 is 15.0 Å². The van der Waals surface area contributed by atoms with Gasteiger partial charge in [-0.05, 0) is 60.9 Å². The van der Waals surface area contributed by atoms with Gasteiger partial charge in [0.05, 0.1) is 12.2 Å². The molecule has 0 radical (unpaired) electrons. The maximum absolute atomic E-state index is 12.6. The average Bonchev–Trinajstić information content (AvgIpc) is 3.17. The highest BCUT2D eigenvalue weighted by atomic mass is 16.5. The monoisotopic (exact) mass is 400 g/mol. The van der Waals surface area contributed by atoms with Crippen molar-refractivity contribution in [2.75, 3.05) is 23.4 Å². The number of esters is 1. The van der Waals surface area contributed by atoms with Crippen molar-refractivity contribution in [3.05, 3.63) is 95.1 Å². The Bertz CT molecular complexity index is 1060. The molecule has 5 heteroatoms. The van der Waals surface area contributed by atoms with Gasteiger partial charge in [-0.1, -0.05) is 36.4 Å². The summed E-state index contributed by atoms with van der Waals surface area (Å²) in [6, 6.07) is 22.9. The van der Waals surface area contributed by atoms with Crippen molar-refractivity contribution in [3.8, 4) is 0 Å². The van der Waals surface area contributed by atoms with E-state index < -0.39 is 5.97 Å². The van der Waals surface area contributed by atoms with Gasteiger partial charge in [-0.25, -0.2) is 4.79 Å². The first-order valence-electron chi connectivity index (χ1n) is 10.1. The second kappa shape index (κ2) is 8.82. The van der Waals surface area contributed by atoms with Crippen molar-refractivity contribution >= 4 is 23.3 Å². The van der Waals surface area contributed by atoms with Crippen LogP contribution in [-0.4, -0.2) is 25.0 Å². The van der Waals surface area contributed by atoms with E-state index in [0.29, 0.717) is 23.4 Å². The summed E-state index contributed by atoms with van der Waals surface area (Å²) < 4.78 is 5.01. The van der Waals surface area contributed by atoms with E-state index in [9.17, 15) is 9.59 Å². The number of para-hydroxylation sites is 1. The van der Waals surface area contributed by atoms with Crippen molar-refractivity contribution in [3.63, 3.8) is 0 Å². The molecule has 0 saturated carbocycles. The van der Waals surface area contributed by atoms with Crippen molar-refractivity contribution in [2.45, 2.75) is 19.9 Å². The van der Waals surface area contributed by atoms with Crippen LogP contribution < -0.4 is 10.2 Å². The molecule has 0 saturated heterocycles. The number of ether oxygens (including phenoxy) is 1. The Morgan fingerprint density at radius 1 is 0.967 bits per heavy atom. The third-order valence-electron chi connectivity index (χ3n) is 5.20. The lowest BCUT2D eigenvalue weighted by Gasteiger charge is -2.19. The van der Waals surface area contributed by atoms with Gasteiger partial charge in [-0.3, -0.25) is 4.79 Å². The Kier molecular flexibility index (Phi) is 5.80. The standard InChI is InChI=1S/C25H24N2O3/c1-2-30-25(29)21-7-5-8-22(16-21)26-24(28)20-12-10-18(11-13-20)17-27-15-14-19-6-3-4-9-23(19)27/h3-13,16H,2,14-15,17H2,1H3,(H,26,28). The van der Waals surface area contributed by atoms with Crippen LogP contribution in [0.3, 0.4) is 0 Å². The van der Waals surface area contributed by atoms with Crippen LogP contribution >= 0.6 is 0 Å². The second-order valence-corrected chi connectivity index (χ2v) is 7.25. The summed E-state index contributed by atoms with van der Waals surface area (Å²) in [6.45, 7) is 3.90. The predicted molar refractivity (Wildman–Crippen MR) is 118 cm³/mol. The molecule has 1 amide bonds. The second-order valence-electron chi connectivity index (χ2n) is 7.25. The minimum absolute atomic E-state index is 0.214. The third-order valence-corrected chi connectivity index (χ3v) is 5.20. The highest BCUT2D eigenvalue weighted by Crippen LogP contribution is 2.28. The van der Waals surface area contributed by atoms with Gasteiger partial charge in [0.25, 0.3) is 5.91 Å². The molecule has 152 valence electrons. The zero-order chi connectivity index (χ0) is 20.9. The van der Waals surface area contributed by atoms with Crippen molar-refractivity contribution < 1.29 is 14.3 Å². The fourth-order valence-electron chi connectivity index (χ4n) is 3.69. The molecule has 0 unspecified atom stereocenters. The molecule has 0 atom stereocenters. The largest absolute Gasteiger partial charge is 0.462 e. The normalized spacial score (nSPS) is 12.4. The first kappa shape index (κ1) is 19.7. The third kappa shape index (κ3) is 4.35. The van der Waals surface area contributed by atoms with Gasteiger partial charge in [0.15, 0.2) is 0 Å². The summed E-state index contributed by atoms with van der Waals surface area (Å²) in [5.74, 6) is -0.615. The number of anilines is 2. The first-order chi connectivity index (χ1) is 14.6. The molecule has 1 aliphatic heterocycles. The average molecular weight is 400 g/mol. The lowest BCUT2D eigenvalue weighted by atomic mass is 10.1. The molecule has 1 aliphatic rings. The molecule has 0 spiro atoms. The van der Waals surface area contributed by atoms with E-state index in [4.69, 9.17) is 4.74 Å². The molecule has 0 fully saturated rings. The van der Waals surface area contributed by atoms with Gasteiger partial charge in [-0.2, -0.15) is 0 Å². The number of carbonyl (C=O) groups is 2. The van der Waals surface area contributed by atoms with Crippen LogP contribution in [-0.2, 0) is 17.7 Å². The van der Waals surface area contributed by atoms with E-state index >= 15 is 0 Å². The Labute approximate surface area is 176 Å². The van der Waals surface area contributed by atoms with E-state index in [-0.39, 0.29) is 5.91 Å². The summed E-state index contributed by atoms with van der Waals surface area (Å²) in [7, 11) is 0. The van der Waals surface area contributed by atoms with Gasteiger partial charge in [-0.15, -0.1) is 0 Å². The molecule has 0 aromatic heterocycles. The maximum Gasteiger partial charge on any atom is 0.338 e. The van der Waals surface area contributed by atoms with E-state index in [0.717, 1.165) is 25.1 Å². The number of amides is 1. The quantitative estimate of drug-likeness (QED) is 0.611. The molecule has 3 aromatic rings. The predicted octanol–water partition coefficient (Wildman–Crippen LogP) is 4.68. The Balaban J connectivity index is 1.40. The van der Waals surface area contributed by atoms with E-state index in [2.05, 4.69) is 34.5 Å². The minimum atomic E-state index is -0.401. The smallest absolute Gasteiger partial charge is 0.338 e. The molecule has 0 aliphatic carbocycles. The zero-order valence-electron chi connectivity index (χ0n) is 16.9.